The smallest absolute Gasteiger partial charge is 0.244 e. The summed E-state index contributed by atoms with van der Waals surface area (Å²) < 4.78 is 14.5. The molecule has 0 saturated carbocycles. The Kier molecular flexibility index (Phi) is 5.68. The third-order valence-electron chi connectivity index (χ3n) is 5.94. The fourth-order valence-corrected chi connectivity index (χ4v) is 4.80. The van der Waals surface area contributed by atoms with E-state index in [1.807, 2.05) is 60.7 Å². The zero-order chi connectivity index (χ0) is 22.9. The second kappa shape index (κ2) is 8.79. The van der Waals surface area contributed by atoms with Crippen molar-refractivity contribution in [2.75, 3.05) is 11.9 Å². The van der Waals surface area contributed by atoms with Crippen molar-refractivity contribution in [3.05, 3.63) is 112 Å². The molecule has 1 unspecified atom stereocenters. The molecule has 1 heterocycles. The first kappa shape index (κ1) is 21.3. The molecular formula is C27H20BrFN2O2. The zero-order valence-electron chi connectivity index (χ0n) is 17.6. The van der Waals surface area contributed by atoms with Gasteiger partial charge in [0.25, 0.3) is 0 Å². The number of amides is 2. The molecule has 0 fully saturated rings. The van der Waals surface area contributed by atoms with Crippen LogP contribution in [0, 0.1) is 5.82 Å². The monoisotopic (exact) mass is 502 g/mol. The Bertz CT molecular complexity index is 1370. The molecule has 1 aliphatic rings. The summed E-state index contributed by atoms with van der Waals surface area (Å²) in [6.45, 7) is -0.0993. The van der Waals surface area contributed by atoms with Crippen LogP contribution in [-0.2, 0) is 16.0 Å². The molecule has 4 nitrogen and oxygen atoms in total. The Hall–Kier alpha value is -3.51. The molecule has 0 radical (unpaired) electrons. The average molecular weight is 503 g/mol. The summed E-state index contributed by atoms with van der Waals surface area (Å²) in [6, 6.07) is 24.9. The minimum atomic E-state index is -0.542. The van der Waals surface area contributed by atoms with Crippen molar-refractivity contribution in [3.63, 3.8) is 0 Å². The molecule has 0 bridgehead atoms. The maximum absolute atomic E-state index is 13.7. The van der Waals surface area contributed by atoms with Gasteiger partial charge in [-0.2, -0.15) is 0 Å². The second-order valence-electron chi connectivity index (χ2n) is 8.07. The number of rotatable bonds is 3. The molecule has 1 atom stereocenters. The molecule has 0 saturated heterocycles. The summed E-state index contributed by atoms with van der Waals surface area (Å²) in [6.07, 6.45) is 0.148. The van der Waals surface area contributed by atoms with E-state index in [-0.39, 0.29) is 30.6 Å². The first-order valence-corrected chi connectivity index (χ1v) is 11.4. The van der Waals surface area contributed by atoms with E-state index >= 15 is 0 Å². The third kappa shape index (κ3) is 4.26. The SMILES string of the molecule is O=C1CN(C(=O)Cc2cccc3ccccc23)C(c2ccc(F)cc2)c2cc(Br)ccc2N1. The van der Waals surface area contributed by atoms with Crippen LogP contribution in [0.5, 0.6) is 0 Å². The molecular weight excluding hydrogens is 483 g/mol. The number of hydrogen-bond acceptors (Lipinski definition) is 2. The lowest BCUT2D eigenvalue weighted by atomic mass is 9.95. The van der Waals surface area contributed by atoms with Gasteiger partial charge in [0, 0.05) is 15.7 Å². The van der Waals surface area contributed by atoms with Gasteiger partial charge >= 0.3 is 0 Å². The van der Waals surface area contributed by atoms with Crippen LogP contribution in [-0.4, -0.2) is 23.3 Å². The van der Waals surface area contributed by atoms with Crippen molar-refractivity contribution in [1.82, 2.24) is 4.90 Å². The third-order valence-corrected chi connectivity index (χ3v) is 6.43. The highest BCUT2D eigenvalue weighted by molar-refractivity contribution is 9.10. The van der Waals surface area contributed by atoms with Gasteiger partial charge in [0.2, 0.25) is 11.8 Å². The Morgan fingerprint density at radius 1 is 1.00 bits per heavy atom. The summed E-state index contributed by atoms with van der Waals surface area (Å²) >= 11 is 3.50. The predicted octanol–water partition coefficient (Wildman–Crippen LogP) is 5.85. The molecule has 4 aromatic carbocycles. The largest absolute Gasteiger partial charge is 0.324 e. The fraction of sp³-hybridized carbons (Fsp3) is 0.111. The fourth-order valence-electron chi connectivity index (χ4n) is 4.43. The van der Waals surface area contributed by atoms with Gasteiger partial charge in [-0.25, -0.2) is 4.39 Å². The topological polar surface area (TPSA) is 49.4 Å². The minimum Gasteiger partial charge on any atom is -0.324 e. The second-order valence-corrected chi connectivity index (χ2v) is 8.99. The van der Waals surface area contributed by atoms with E-state index in [0.29, 0.717) is 5.69 Å². The first-order valence-electron chi connectivity index (χ1n) is 10.6. The summed E-state index contributed by atoms with van der Waals surface area (Å²) in [5.74, 6) is -0.803. The van der Waals surface area contributed by atoms with E-state index < -0.39 is 6.04 Å². The Morgan fingerprint density at radius 2 is 1.76 bits per heavy atom. The summed E-state index contributed by atoms with van der Waals surface area (Å²) in [7, 11) is 0. The van der Waals surface area contributed by atoms with E-state index in [0.717, 1.165) is 31.9 Å². The molecule has 0 spiro atoms. The Morgan fingerprint density at radius 3 is 2.58 bits per heavy atom. The number of fused-ring (bicyclic) bond motifs is 2. The van der Waals surface area contributed by atoms with Crippen molar-refractivity contribution < 1.29 is 14.0 Å². The van der Waals surface area contributed by atoms with Crippen LogP contribution in [0.3, 0.4) is 0 Å². The van der Waals surface area contributed by atoms with E-state index in [1.165, 1.54) is 12.1 Å². The van der Waals surface area contributed by atoms with Crippen LogP contribution < -0.4 is 5.32 Å². The van der Waals surface area contributed by atoms with Gasteiger partial charge in [0.05, 0.1) is 12.5 Å². The summed E-state index contributed by atoms with van der Waals surface area (Å²) in [5, 5.41) is 4.98. The minimum absolute atomic E-state index is 0.0993. The predicted molar refractivity (Wildman–Crippen MR) is 130 cm³/mol. The van der Waals surface area contributed by atoms with Gasteiger partial charge in [-0.15, -0.1) is 0 Å². The van der Waals surface area contributed by atoms with Crippen molar-refractivity contribution in [3.8, 4) is 0 Å². The van der Waals surface area contributed by atoms with Crippen molar-refractivity contribution >= 4 is 44.2 Å². The molecule has 1 N–H and O–H groups in total. The van der Waals surface area contributed by atoms with Gasteiger partial charge in [0.1, 0.15) is 12.4 Å². The van der Waals surface area contributed by atoms with Crippen LogP contribution in [0.1, 0.15) is 22.7 Å². The summed E-state index contributed by atoms with van der Waals surface area (Å²) in [4.78, 5) is 28.1. The lowest BCUT2D eigenvalue weighted by molar-refractivity contribution is -0.135. The van der Waals surface area contributed by atoms with Crippen molar-refractivity contribution in [2.24, 2.45) is 0 Å². The van der Waals surface area contributed by atoms with E-state index in [2.05, 4.69) is 21.2 Å². The molecule has 2 amide bonds. The normalized spacial score (nSPS) is 15.6. The van der Waals surface area contributed by atoms with E-state index in [1.54, 1.807) is 17.0 Å². The number of nitrogens with zero attached hydrogens (tertiary/aromatic N) is 1. The number of halogens is 2. The molecule has 164 valence electrons. The number of benzene rings is 4. The van der Waals surface area contributed by atoms with Gasteiger partial charge in [-0.1, -0.05) is 70.5 Å². The first-order chi connectivity index (χ1) is 16.0. The van der Waals surface area contributed by atoms with Crippen LogP contribution in [0.2, 0.25) is 0 Å². The van der Waals surface area contributed by atoms with Crippen molar-refractivity contribution in [2.45, 2.75) is 12.5 Å². The molecule has 5 rings (SSSR count). The zero-order valence-corrected chi connectivity index (χ0v) is 19.2. The van der Waals surface area contributed by atoms with Crippen LogP contribution >= 0.6 is 15.9 Å². The molecule has 0 aliphatic carbocycles. The van der Waals surface area contributed by atoms with Gasteiger partial charge < -0.3 is 10.2 Å². The van der Waals surface area contributed by atoms with Crippen molar-refractivity contribution in [1.29, 1.82) is 0 Å². The van der Waals surface area contributed by atoms with E-state index in [9.17, 15) is 14.0 Å². The number of nitrogens with one attached hydrogen (secondary N) is 1. The molecule has 4 aromatic rings. The number of anilines is 1. The maximum atomic E-state index is 13.7. The number of carbonyl (C=O) groups is 2. The molecule has 1 aliphatic heterocycles. The summed E-state index contributed by atoms with van der Waals surface area (Å²) in [5.41, 5.74) is 3.04. The number of hydrogen-bond donors (Lipinski definition) is 1. The van der Waals surface area contributed by atoms with Gasteiger partial charge in [-0.3, -0.25) is 9.59 Å². The highest BCUT2D eigenvalue weighted by Gasteiger charge is 2.33. The quantitative estimate of drug-likeness (QED) is 0.381. The van der Waals surface area contributed by atoms with Crippen LogP contribution in [0.15, 0.2) is 89.4 Å². The van der Waals surface area contributed by atoms with Crippen LogP contribution in [0.4, 0.5) is 10.1 Å². The van der Waals surface area contributed by atoms with Gasteiger partial charge in [0.15, 0.2) is 0 Å². The molecule has 0 aromatic heterocycles. The van der Waals surface area contributed by atoms with Gasteiger partial charge in [-0.05, 0) is 52.2 Å². The lowest BCUT2D eigenvalue weighted by Crippen LogP contribution is -2.39. The maximum Gasteiger partial charge on any atom is 0.244 e. The Labute approximate surface area is 199 Å². The molecule has 33 heavy (non-hydrogen) atoms. The lowest BCUT2D eigenvalue weighted by Gasteiger charge is -2.31. The average Bonchev–Trinajstić information content (AvgIpc) is 2.95. The number of carbonyl (C=O) groups excluding carboxylic acids is 2. The van der Waals surface area contributed by atoms with Crippen LogP contribution in [0.25, 0.3) is 10.8 Å². The molecule has 6 heteroatoms. The highest BCUT2D eigenvalue weighted by Crippen LogP contribution is 2.38. The Balaban J connectivity index is 1.60. The highest BCUT2D eigenvalue weighted by atomic mass is 79.9. The standard InChI is InChI=1S/C27H20BrFN2O2/c28-20-10-13-24-23(15-20)27(18-8-11-21(29)12-9-18)31(16-25(32)30-24)26(33)14-19-6-3-5-17-4-1-2-7-22(17)19/h1-13,15,27H,14,16H2,(H,30,32). The van der Waals surface area contributed by atoms with E-state index in [4.69, 9.17) is 0 Å².